The van der Waals surface area contributed by atoms with Crippen molar-refractivity contribution in [1.29, 1.82) is 0 Å². The Balaban J connectivity index is 1.46. The van der Waals surface area contributed by atoms with Gasteiger partial charge in [-0.25, -0.2) is 0 Å². The molecule has 0 aromatic rings. The Kier molecular flexibility index (Phi) is 6.06. The summed E-state index contributed by atoms with van der Waals surface area (Å²) in [5, 5.41) is 9.31. The van der Waals surface area contributed by atoms with Gasteiger partial charge >= 0.3 is 0 Å². The van der Waals surface area contributed by atoms with Crippen LogP contribution in [0.3, 0.4) is 0 Å². The fraction of sp³-hybridized carbons (Fsp3) is 0.889. The molecule has 4 aliphatic carbocycles. The van der Waals surface area contributed by atoms with Gasteiger partial charge in [0, 0.05) is 19.4 Å². The standard InChI is InChI=1S/C27H44O2/c1-18(17-28)6-5-7-19(2)23-10-11-24-22-9-8-20-16-21(29)12-14-26(20,3)25(22)13-15-27(23,24)4/h8,18-19,22-25,28H,5-7,9-17H2,1-4H3/t18?,19-,22+,23-,24+,25+,26+,27-/m1/s1. The first-order valence-electron chi connectivity index (χ1n) is 12.6. The van der Waals surface area contributed by atoms with Crippen LogP contribution in [0, 0.1) is 46.3 Å². The van der Waals surface area contributed by atoms with E-state index in [2.05, 4.69) is 33.8 Å². The molecule has 1 unspecified atom stereocenters. The minimum Gasteiger partial charge on any atom is -0.396 e. The smallest absolute Gasteiger partial charge is 0.136 e. The van der Waals surface area contributed by atoms with Crippen LogP contribution in [0.4, 0.5) is 0 Å². The Hall–Kier alpha value is -0.630. The number of hydrogen-bond acceptors (Lipinski definition) is 2. The molecule has 3 fully saturated rings. The van der Waals surface area contributed by atoms with Crippen molar-refractivity contribution in [3.05, 3.63) is 11.6 Å². The summed E-state index contributed by atoms with van der Waals surface area (Å²) in [5.74, 6) is 5.16. The van der Waals surface area contributed by atoms with E-state index in [4.69, 9.17) is 0 Å². The van der Waals surface area contributed by atoms with Gasteiger partial charge in [-0.1, -0.05) is 52.2 Å². The van der Waals surface area contributed by atoms with Crippen molar-refractivity contribution >= 4 is 5.78 Å². The summed E-state index contributed by atoms with van der Waals surface area (Å²) in [5.41, 5.74) is 2.33. The van der Waals surface area contributed by atoms with Crippen molar-refractivity contribution < 1.29 is 9.90 Å². The molecular formula is C27H44O2. The Labute approximate surface area is 178 Å². The van der Waals surface area contributed by atoms with Gasteiger partial charge in [-0.15, -0.1) is 0 Å². The minimum atomic E-state index is 0.308. The maximum atomic E-state index is 12.1. The number of carbonyl (C=O) groups is 1. The van der Waals surface area contributed by atoms with Crippen LogP contribution in [0.5, 0.6) is 0 Å². The molecule has 0 aromatic carbocycles. The lowest BCUT2D eigenvalue weighted by Gasteiger charge is -2.58. The molecule has 0 aromatic heterocycles. The maximum absolute atomic E-state index is 12.1. The first-order valence-corrected chi connectivity index (χ1v) is 12.6. The van der Waals surface area contributed by atoms with Gasteiger partial charge in [-0.3, -0.25) is 4.79 Å². The van der Waals surface area contributed by atoms with Gasteiger partial charge in [0.25, 0.3) is 0 Å². The van der Waals surface area contributed by atoms with E-state index >= 15 is 0 Å². The molecule has 0 aliphatic heterocycles. The third-order valence-corrected chi connectivity index (χ3v) is 10.4. The first kappa shape index (κ1) is 21.6. The molecule has 4 aliphatic rings. The Morgan fingerprint density at radius 3 is 2.66 bits per heavy atom. The number of Topliss-reactive ketones (excluding diaryl/α,β-unsaturated/α-hetero) is 1. The second-order valence-corrected chi connectivity index (χ2v) is 11.9. The minimum absolute atomic E-state index is 0.308. The van der Waals surface area contributed by atoms with Crippen LogP contribution in [0.1, 0.15) is 98.3 Å². The topological polar surface area (TPSA) is 37.3 Å². The number of aliphatic hydroxyl groups is 1. The average molecular weight is 401 g/mol. The van der Waals surface area contributed by atoms with Gasteiger partial charge < -0.3 is 5.11 Å². The third kappa shape index (κ3) is 3.66. The van der Waals surface area contributed by atoms with E-state index in [1.54, 1.807) is 0 Å². The van der Waals surface area contributed by atoms with Gasteiger partial charge in [0.15, 0.2) is 0 Å². The van der Waals surface area contributed by atoms with Gasteiger partial charge in [0.05, 0.1) is 0 Å². The van der Waals surface area contributed by atoms with Gasteiger partial charge in [0.2, 0.25) is 0 Å². The van der Waals surface area contributed by atoms with Crippen molar-refractivity contribution in [2.24, 2.45) is 46.3 Å². The van der Waals surface area contributed by atoms with Crippen LogP contribution < -0.4 is 0 Å². The summed E-state index contributed by atoms with van der Waals surface area (Å²) < 4.78 is 0. The van der Waals surface area contributed by atoms with Crippen LogP contribution in [0.15, 0.2) is 11.6 Å². The Bertz CT molecular complexity index is 651. The highest BCUT2D eigenvalue weighted by atomic mass is 16.3. The van der Waals surface area contributed by atoms with Crippen LogP contribution in [-0.4, -0.2) is 17.5 Å². The fourth-order valence-electron chi connectivity index (χ4n) is 8.53. The molecule has 164 valence electrons. The lowest BCUT2D eigenvalue weighted by molar-refractivity contribution is -0.122. The van der Waals surface area contributed by atoms with Crippen LogP contribution >= 0.6 is 0 Å². The van der Waals surface area contributed by atoms with Crippen molar-refractivity contribution in [3.63, 3.8) is 0 Å². The second kappa shape index (κ2) is 8.13. The summed E-state index contributed by atoms with van der Waals surface area (Å²) in [7, 11) is 0. The predicted molar refractivity (Wildman–Crippen MR) is 119 cm³/mol. The van der Waals surface area contributed by atoms with E-state index in [1.807, 2.05) is 0 Å². The number of hydrogen-bond donors (Lipinski definition) is 1. The monoisotopic (exact) mass is 400 g/mol. The van der Waals surface area contributed by atoms with E-state index in [0.717, 1.165) is 48.9 Å². The lowest BCUT2D eigenvalue weighted by Crippen LogP contribution is -2.50. The number of fused-ring (bicyclic) bond motifs is 5. The number of allylic oxidation sites excluding steroid dienone is 2. The van der Waals surface area contributed by atoms with E-state index < -0.39 is 0 Å². The van der Waals surface area contributed by atoms with Gasteiger partial charge in [0.1, 0.15) is 5.78 Å². The van der Waals surface area contributed by atoms with E-state index in [0.29, 0.717) is 29.1 Å². The van der Waals surface area contributed by atoms with Crippen molar-refractivity contribution in [1.82, 2.24) is 0 Å². The molecule has 2 nitrogen and oxygen atoms in total. The molecule has 3 saturated carbocycles. The van der Waals surface area contributed by atoms with E-state index in [1.165, 1.54) is 56.9 Å². The Morgan fingerprint density at radius 1 is 1.10 bits per heavy atom. The highest BCUT2D eigenvalue weighted by molar-refractivity contribution is 5.82. The van der Waals surface area contributed by atoms with Crippen molar-refractivity contribution in [3.8, 4) is 0 Å². The summed E-state index contributed by atoms with van der Waals surface area (Å²) in [4.78, 5) is 12.1. The van der Waals surface area contributed by atoms with Gasteiger partial charge in [-0.2, -0.15) is 0 Å². The SMILES string of the molecule is CC(CO)CCC[C@@H](C)[C@H]1CC[C@H]2[C@@H]3CC=C4CC(=O)CC[C@]4(C)[C@H]3CC[C@]12C. The molecule has 0 saturated heterocycles. The lowest BCUT2D eigenvalue weighted by atomic mass is 9.47. The number of rotatable bonds is 6. The highest BCUT2D eigenvalue weighted by Gasteiger charge is 2.59. The molecule has 2 heteroatoms. The molecule has 0 amide bonds. The molecule has 0 spiro atoms. The molecule has 0 heterocycles. The Morgan fingerprint density at radius 2 is 1.90 bits per heavy atom. The van der Waals surface area contributed by atoms with Crippen molar-refractivity contribution in [2.45, 2.75) is 98.3 Å². The highest BCUT2D eigenvalue weighted by Crippen LogP contribution is 2.67. The third-order valence-electron chi connectivity index (χ3n) is 10.4. The quantitative estimate of drug-likeness (QED) is 0.512. The zero-order valence-corrected chi connectivity index (χ0v) is 19.4. The van der Waals surface area contributed by atoms with E-state index in [9.17, 15) is 9.90 Å². The maximum Gasteiger partial charge on any atom is 0.136 e. The summed E-state index contributed by atoms with van der Waals surface area (Å²) in [6.07, 6.45) is 15.8. The average Bonchev–Trinajstić information content (AvgIpc) is 3.05. The molecule has 29 heavy (non-hydrogen) atoms. The molecule has 1 N–H and O–H groups in total. The molecule has 4 rings (SSSR count). The predicted octanol–water partition coefficient (Wildman–Crippen LogP) is 6.57. The van der Waals surface area contributed by atoms with Crippen LogP contribution in [-0.2, 0) is 4.79 Å². The normalized spacial score (nSPS) is 43.8. The molecule has 8 atom stereocenters. The summed E-state index contributed by atoms with van der Waals surface area (Å²) in [6, 6.07) is 0. The number of aliphatic hydroxyl groups excluding tert-OH is 1. The zero-order valence-electron chi connectivity index (χ0n) is 19.4. The van der Waals surface area contributed by atoms with E-state index in [-0.39, 0.29) is 0 Å². The summed E-state index contributed by atoms with van der Waals surface area (Å²) in [6.45, 7) is 10.2. The number of ketones is 1. The molecule has 0 bridgehead atoms. The fourth-order valence-corrected chi connectivity index (χ4v) is 8.53. The zero-order chi connectivity index (χ0) is 20.8. The second-order valence-electron chi connectivity index (χ2n) is 11.9. The van der Waals surface area contributed by atoms with Crippen LogP contribution in [0.25, 0.3) is 0 Å². The largest absolute Gasteiger partial charge is 0.396 e. The van der Waals surface area contributed by atoms with Crippen molar-refractivity contribution in [2.75, 3.05) is 6.61 Å². The summed E-state index contributed by atoms with van der Waals surface area (Å²) >= 11 is 0. The van der Waals surface area contributed by atoms with Gasteiger partial charge in [-0.05, 0) is 91.3 Å². The number of carbonyl (C=O) groups excluding carboxylic acids is 1. The van der Waals surface area contributed by atoms with Crippen LogP contribution in [0.2, 0.25) is 0 Å². The first-order chi connectivity index (χ1) is 13.8. The molecule has 0 radical (unpaired) electrons. The molecular weight excluding hydrogens is 356 g/mol.